The van der Waals surface area contributed by atoms with Gasteiger partial charge < -0.3 is 11.1 Å². The molecule has 0 bridgehead atoms. The normalized spacial score (nSPS) is 13.5. The molecule has 3 N–H and O–H groups in total. The topological polar surface area (TPSA) is 50.4 Å². The van der Waals surface area contributed by atoms with Gasteiger partial charge in [0.1, 0.15) is 0 Å². The Kier molecular flexibility index (Phi) is 5.84. The fourth-order valence-corrected chi connectivity index (χ4v) is 1.61. The standard InChI is InChI=1S/C13H20ClN3/c1-3-10(2)17-13(15)16-8-7-11-5-4-6-12(14)9-11/h4-6,9-10H,3,7-8H2,1-2H3,(H3,15,16,17). The van der Waals surface area contributed by atoms with Crippen molar-refractivity contribution in [2.75, 3.05) is 6.54 Å². The second kappa shape index (κ2) is 7.17. The average Bonchev–Trinajstić information content (AvgIpc) is 2.29. The summed E-state index contributed by atoms with van der Waals surface area (Å²) in [6.07, 6.45) is 1.88. The summed E-state index contributed by atoms with van der Waals surface area (Å²) in [5.41, 5.74) is 6.94. The predicted octanol–water partition coefficient (Wildman–Crippen LogP) is 2.59. The Labute approximate surface area is 108 Å². The van der Waals surface area contributed by atoms with Gasteiger partial charge >= 0.3 is 0 Å². The maximum atomic E-state index is 5.90. The first kappa shape index (κ1) is 13.8. The first-order valence-electron chi connectivity index (χ1n) is 5.92. The van der Waals surface area contributed by atoms with Gasteiger partial charge in [-0.1, -0.05) is 30.7 Å². The number of halogens is 1. The van der Waals surface area contributed by atoms with Crippen molar-refractivity contribution in [3.63, 3.8) is 0 Å². The van der Waals surface area contributed by atoms with Crippen LogP contribution in [0.1, 0.15) is 25.8 Å². The molecule has 0 saturated carbocycles. The third-order valence-electron chi connectivity index (χ3n) is 2.58. The third-order valence-corrected chi connectivity index (χ3v) is 2.81. The van der Waals surface area contributed by atoms with Crippen molar-refractivity contribution in [1.82, 2.24) is 5.32 Å². The summed E-state index contributed by atoms with van der Waals surface area (Å²) in [7, 11) is 0. The van der Waals surface area contributed by atoms with E-state index < -0.39 is 0 Å². The number of hydrogen-bond donors (Lipinski definition) is 2. The Bertz CT molecular complexity index is 377. The molecule has 0 aliphatic rings. The minimum atomic E-state index is 0.366. The van der Waals surface area contributed by atoms with Crippen LogP contribution in [0.4, 0.5) is 0 Å². The molecule has 1 unspecified atom stereocenters. The highest BCUT2D eigenvalue weighted by molar-refractivity contribution is 6.30. The van der Waals surface area contributed by atoms with E-state index in [0.717, 1.165) is 17.9 Å². The smallest absolute Gasteiger partial charge is 0.188 e. The van der Waals surface area contributed by atoms with Gasteiger partial charge in [0.2, 0.25) is 0 Å². The number of rotatable bonds is 5. The van der Waals surface area contributed by atoms with Crippen LogP contribution < -0.4 is 11.1 Å². The van der Waals surface area contributed by atoms with Gasteiger partial charge in [0.05, 0.1) is 0 Å². The minimum Gasteiger partial charge on any atom is -0.370 e. The van der Waals surface area contributed by atoms with Crippen molar-refractivity contribution in [2.24, 2.45) is 10.7 Å². The summed E-state index contributed by atoms with van der Waals surface area (Å²) < 4.78 is 0. The number of hydrogen-bond acceptors (Lipinski definition) is 1. The van der Waals surface area contributed by atoms with Crippen molar-refractivity contribution in [3.05, 3.63) is 34.9 Å². The largest absolute Gasteiger partial charge is 0.370 e. The van der Waals surface area contributed by atoms with E-state index in [1.165, 1.54) is 5.56 Å². The van der Waals surface area contributed by atoms with Crippen LogP contribution in [0.25, 0.3) is 0 Å². The molecule has 1 aromatic rings. The average molecular weight is 254 g/mol. The lowest BCUT2D eigenvalue weighted by Crippen LogP contribution is -2.38. The van der Waals surface area contributed by atoms with E-state index >= 15 is 0 Å². The van der Waals surface area contributed by atoms with Crippen LogP contribution in [0.15, 0.2) is 29.3 Å². The Balaban J connectivity index is 2.38. The highest BCUT2D eigenvalue weighted by Gasteiger charge is 1.98. The van der Waals surface area contributed by atoms with Crippen LogP contribution in [0.5, 0.6) is 0 Å². The summed E-state index contributed by atoms with van der Waals surface area (Å²) in [4.78, 5) is 4.28. The number of aliphatic imine (C=N–C) groups is 1. The van der Waals surface area contributed by atoms with Gasteiger partial charge in [-0.05, 0) is 37.5 Å². The van der Waals surface area contributed by atoms with Gasteiger partial charge in [-0.15, -0.1) is 0 Å². The van der Waals surface area contributed by atoms with Crippen LogP contribution in [-0.4, -0.2) is 18.5 Å². The molecule has 0 aliphatic carbocycles. The molecule has 0 aromatic heterocycles. The Hall–Kier alpha value is -1.22. The van der Waals surface area contributed by atoms with E-state index in [4.69, 9.17) is 17.3 Å². The minimum absolute atomic E-state index is 0.366. The first-order valence-corrected chi connectivity index (χ1v) is 6.30. The zero-order valence-corrected chi connectivity index (χ0v) is 11.2. The highest BCUT2D eigenvalue weighted by atomic mass is 35.5. The molecule has 0 radical (unpaired) electrons. The van der Waals surface area contributed by atoms with Gasteiger partial charge in [0, 0.05) is 17.6 Å². The summed E-state index contributed by atoms with van der Waals surface area (Å²) >= 11 is 5.90. The molecular formula is C13H20ClN3. The molecule has 0 fully saturated rings. The second-order valence-electron chi connectivity index (χ2n) is 4.10. The fourth-order valence-electron chi connectivity index (χ4n) is 1.40. The van der Waals surface area contributed by atoms with Crippen LogP contribution in [0.3, 0.4) is 0 Å². The lowest BCUT2D eigenvalue weighted by molar-refractivity contribution is 0.636. The molecule has 0 heterocycles. The Morgan fingerprint density at radius 3 is 2.94 bits per heavy atom. The van der Waals surface area contributed by atoms with Crippen LogP contribution in [-0.2, 0) is 6.42 Å². The molecule has 1 atom stereocenters. The molecule has 4 heteroatoms. The van der Waals surface area contributed by atoms with E-state index in [1.807, 2.05) is 24.3 Å². The summed E-state index contributed by atoms with van der Waals surface area (Å²) in [6, 6.07) is 8.18. The van der Waals surface area contributed by atoms with E-state index in [-0.39, 0.29) is 0 Å². The number of nitrogens with one attached hydrogen (secondary N) is 1. The van der Waals surface area contributed by atoms with Crippen molar-refractivity contribution >= 4 is 17.6 Å². The van der Waals surface area contributed by atoms with Crippen LogP contribution >= 0.6 is 11.6 Å². The molecule has 1 rings (SSSR count). The summed E-state index contributed by atoms with van der Waals surface area (Å²) in [5.74, 6) is 0.515. The lowest BCUT2D eigenvalue weighted by atomic mass is 10.1. The predicted molar refractivity (Wildman–Crippen MR) is 74.5 cm³/mol. The lowest BCUT2D eigenvalue weighted by Gasteiger charge is -2.11. The zero-order chi connectivity index (χ0) is 12.7. The van der Waals surface area contributed by atoms with E-state index in [2.05, 4.69) is 24.2 Å². The molecule has 17 heavy (non-hydrogen) atoms. The molecule has 94 valence electrons. The van der Waals surface area contributed by atoms with Gasteiger partial charge in [-0.25, -0.2) is 0 Å². The number of nitrogens with zero attached hydrogens (tertiary/aromatic N) is 1. The van der Waals surface area contributed by atoms with Gasteiger partial charge in [-0.2, -0.15) is 0 Å². The maximum absolute atomic E-state index is 5.90. The second-order valence-corrected chi connectivity index (χ2v) is 4.54. The molecule has 0 saturated heterocycles. The van der Waals surface area contributed by atoms with Crippen molar-refractivity contribution in [3.8, 4) is 0 Å². The molecule has 0 spiro atoms. The summed E-state index contributed by atoms with van der Waals surface area (Å²) in [6.45, 7) is 4.87. The van der Waals surface area contributed by atoms with Gasteiger partial charge in [-0.3, -0.25) is 4.99 Å². The Morgan fingerprint density at radius 1 is 1.53 bits per heavy atom. The van der Waals surface area contributed by atoms with Crippen molar-refractivity contribution in [1.29, 1.82) is 0 Å². The number of guanidine groups is 1. The highest BCUT2D eigenvalue weighted by Crippen LogP contribution is 2.10. The molecular weight excluding hydrogens is 234 g/mol. The fraction of sp³-hybridized carbons (Fsp3) is 0.462. The number of benzene rings is 1. The first-order chi connectivity index (χ1) is 8.11. The van der Waals surface area contributed by atoms with Crippen molar-refractivity contribution in [2.45, 2.75) is 32.7 Å². The van der Waals surface area contributed by atoms with Gasteiger partial charge in [0.25, 0.3) is 0 Å². The quantitative estimate of drug-likeness (QED) is 0.626. The van der Waals surface area contributed by atoms with E-state index in [0.29, 0.717) is 18.5 Å². The van der Waals surface area contributed by atoms with E-state index in [1.54, 1.807) is 0 Å². The van der Waals surface area contributed by atoms with Crippen LogP contribution in [0.2, 0.25) is 5.02 Å². The van der Waals surface area contributed by atoms with E-state index in [9.17, 15) is 0 Å². The SMILES string of the molecule is CCC(C)NC(N)=NCCc1cccc(Cl)c1. The third kappa shape index (κ3) is 5.59. The summed E-state index contributed by atoms with van der Waals surface area (Å²) in [5, 5.41) is 3.89. The maximum Gasteiger partial charge on any atom is 0.188 e. The molecule has 1 aromatic carbocycles. The number of nitrogens with two attached hydrogens (primary N) is 1. The molecule has 3 nitrogen and oxygen atoms in total. The zero-order valence-electron chi connectivity index (χ0n) is 10.4. The molecule has 0 amide bonds. The monoisotopic (exact) mass is 253 g/mol. The van der Waals surface area contributed by atoms with Crippen LogP contribution in [0, 0.1) is 0 Å². The van der Waals surface area contributed by atoms with Gasteiger partial charge in [0.15, 0.2) is 5.96 Å². The van der Waals surface area contributed by atoms with Crippen molar-refractivity contribution < 1.29 is 0 Å². The molecule has 0 aliphatic heterocycles. The Morgan fingerprint density at radius 2 is 2.29 bits per heavy atom.